The normalized spacial score (nSPS) is 12.9. The Morgan fingerprint density at radius 1 is 1.38 bits per heavy atom. The van der Waals surface area contributed by atoms with Gasteiger partial charge in [-0.05, 0) is 35.3 Å². The van der Waals surface area contributed by atoms with Crippen molar-refractivity contribution in [3.63, 3.8) is 0 Å². The topological polar surface area (TPSA) is 76.2 Å². The molecular formula is C14H11BN2O4. The molecular weight excluding hydrogens is 271 g/mol. The number of pyridine rings is 1. The van der Waals surface area contributed by atoms with Crippen molar-refractivity contribution in [2.75, 3.05) is 0 Å². The summed E-state index contributed by atoms with van der Waals surface area (Å²) in [7, 11) is -0.883. The van der Waals surface area contributed by atoms with Crippen LogP contribution in [0, 0.1) is 6.57 Å². The average Bonchev–Trinajstić information content (AvgIpc) is 2.88. The Bertz CT molecular complexity index is 729. The number of nitrogens with zero attached hydrogens (tertiary/aromatic N) is 2. The van der Waals surface area contributed by atoms with Gasteiger partial charge in [0.1, 0.15) is 5.75 Å². The molecule has 1 aliphatic heterocycles. The minimum Gasteiger partial charge on any atom is -0.439 e. The Balaban J connectivity index is 1.86. The summed E-state index contributed by atoms with van der Waals surface area (Å²) in [4.78, 5) is 7.37. The van der Waals surface area contributed by atoms with Crippen LogP contribution in [0.25, 0.3) is 4.85 Å². The first-order valence-electron chi connectivity index (χ1n) is 6.30. The van der Waals surface area contributed by atoms with Crippen molar-refractivity contribution >= 4 is 18.3 Å². The first-order chi connectivity index (χ1) is 10.2. The van der Waals surface area contributed by atoms with Gasteiger partial charge in [-0.3, -0.25) is 0 Å². The first kappa shape index (κ1) is 13.6. The van der Waals surface area contributed by atoms with Crippen molar-refractivity contribution in [3.8, 4) is 11.6 Å². The van der Waals surface area contributed by atoms with E-state index < -0.39 is 7.12 Å². The second kappa shape index (κ2) is 5.54. The van der Waals surface area contributed by atoms with E-state index in [-0.39, 0.29) is 12.3 Å². The molecule has 21 heavy (non-hydrogen) atoms. The summed E-state index contributed by atoms with van der Waals surface area (Å²) in [5.41, 5.74) is 2.17. The van der Waals surface area contributed by atoms with Crippen LogP contribution >= 0.6 is 0 Å². The molecule has 2 aromatic rings. The molecule has 6 nitrogen and oxygen atoms in total. The third-order valence-electron chi connectivity index (χ3n) is 3.19. The van der Waals surface area contributed by atoms with Gasteiger partial charge in [0.2, 0.25) is 11.6 Å². The molecule has 1 aromatic carbocycles. The standard InChI is InChI=1S/C14H11BN2O4/c1-16-12-4-5-14(17-13(12)7-18)21-10-2-3-11-9(6-10)8-20-15(11)19/h2-6,18-19H,7-8H2. The lowest BCUT2D eigenvalue weighted by atomic mass is 9.80. The van der Waals surface area contributed by atoms with Crippen LogP contribution in [-0.2, 0) is 17.9 Å². The maximum absolute atomic E-state index is 9.56. The minimum atomic E-state index is -0.883. The number of hydrogen-bond acceptors (Lipinski definition) is 5. The lowest BCUT2D eigenvalue weighted by Crippen LogP contribution is -2.27. The maximum Gasteiger partial charge on any atom is 0.491 e. The number of fused-ring (bicyclic) bond motifs is 1. The van der Waals surface area contributed by atoms with E-state index >= 15 is 0 Å². The summed E-state index contributed by atoms with van der Waals surface area (Å²) >= 11 is 0. The summed E-state index contributed by atoms with van der Waals surface area (Å²) in [5, 5.41) is 18.7. The van der Waals surface area contributed by atoms with Crippen LogP contribution in [0.5, 0.6) is 11.6 Å². The predicted molar refractivity (Wildman–Crippen MR) is 75.3 cm³/mol. The Morgan fingerprint density at radius 3 is 3.00 bits per heavy atom. The third kappa shape index (κ3) is 2.60. The second-order valence-electron chi connectivity index (χ2n) is 4.51. The Kier molecular flexibility index (Phi) is 3.58. The number of benzene rings is 1. The molecule has 0 atom stereocenters. The lowest BCUT2D eigenvalue weighted by molar-refractivity contribution is 0.275. The van der Waals surface area contributed by atoms with E-state index in [1.807, 2.05) is 0 Å². The van der Waals surface area contributed by atoms with Gasteiger partial charge in [0, 0.05) is 0 Å². The number of aromatic nitrogens is 1. The molecule has 0 aliphatic carbocycles. The summed E-state index contributed by atoms with van der Waals surface area (Å²) in [6.45, 7) is 6.99. The summed E-state index contributed by atoms with van der Waals surface area (Å²) in [6.07, 6.45) is 0. The molecule has 7 heteroatoms. The maximum atomic E-state index is 9.56. The molecule has 0 saturated carbocycles. The van der Waals surface area contributed by atoms with Crippen LogP contribution in [0.4, 0.5) is 5.69 Å². The van der Waals surface area contributed by atoms with Gasteiger partial charge in [-0.15, -0.1) is 0 Å². The summed E-state index contributed by atoms with van der Waals surface area (Å²) in [6, 6.07) is 8.35. The molecule has 2 N–H and O–H groups in total. The number of hydrogen-bond donors (Lipinski definition) is 2. The summed E-state index contributed by atoms with van der Waals surface area (Å²) < 4.78 is 10.7. The molecule has 0 unspecified atom stereocenters. The van der Waals surface area contributed by atoms with Crippen LogP contribution in [0.2, 0.25) is 0 Å². The van der Waals surface area contributed by atoms with E-state index in [2.05, 4.69) is 9.83 Å². The fourth-order valence-corrected chi connectivity index (χ4v) is 2.14. The van der Waals surface area contributed by atoms with Crippen molar-refractivity contribution in [2.45, 2.75) is 13.2 Å². The van der Waals surface area contributed by atoms with Gasteiger partial charge in [-0.25, -0.2) is 9.83 Å². The first-order valence-corrected chi connectivity index (χ1v) is 6.30. The highest BCUT2D eigenvalue weighted by Gasteiger charge is 2.27. The molecule has 0 amide bonds. The number of aliphatic hydroxyl groups is 1. The van der Waals surface area contributed by atoms with E-state index in [0.29, 0.717) is 23.9 Å². The molecule has 0 saturated heterocycles. The second-order valence-corrected chi connectivity index (χ2v) is 4.51. The molecule has 0 spiro atoms. The van der Waals surface area contributed by atoms with E-state index in [1.165, 1.54) is 0 Å². The van der Waals surface area contributed by atoms with Gasteiger partial charge in [-0.2, -0.15) is 0 Å². The molecule has 0 radical (unpaired) electrons. The molecule has 2 heterocycles. The average molecular weight is 282 g/mol. The van der Waals surface area contributed by atoms with Gasteiger partial charge >= 0.3 is 7.12 Å². The van der Waals surface area contributed by atoms with Crippen LogP contribution in [-0.4, -0.2) is 22.2 Å². The highest BCUT2D eigenvalue weighted by atomic mass is 16.5. The van der Waals surface area contributed by atoms with Crippen molar-refractivity contribution < 1.29 is 19.5 Å². The number of aliphatic hydroxyl groups excluding tert-OH is 1. The third-order valence-corrected chi connectivity index (χ3v) is 3.19. The van der Waals surface area contributed by atoms with Crippen LogP contribution in [0.1, 0.15) is 11.3 Å². The Hall–Kier alpha value is -2.40. The monoisotopic (exact) mass is 282 g/mol. The van der Waals surface area contributed by atoms with E-state index in [4.69, 9.17) is 16.0 Å². The molecule has 0 fully saturated rings. The number of rotatable bonds is 3. The van der Waals surface area contributed by atoms with Crippen molar-refractivity contribution in [1.82, 2.24) is 4.98 Å². The van der Waals surface area contributed by atoms with Gasteiger partial charge in [0.05, 0.1) is 25.5 Å². The van der Waals surface area contributed by atoms with Crippen LogP contribution in [0.15, 0.2) is 30.3 Å². The predicted octanol–water partition coefficient (Wildman–Crippen LogP) is 1.13. The van der Waals surface area contributed by atoms with Crippen molar-refractivity contribution in [2.24, 2.45) is 0 Å². The van der Waals surface area contributed by atoms with Gasteiger partial charge < -0.3 is 19.5 Å². The zero-order chi connectivity index (χ0) is 14.8. The molecule has 3 rings (SSSR count). The SMILES string of the molecule is [C-]#[N+]c1ccc(Oc2ccc3c(c2)COB3O)nc1CO. The van der Waals surface area contributed by atoms with Crippen LogP contribution < -0.4 is 10.2 Å². The number of ether oxygens (including phenoxy) is 1. The lowest BCUT2D eigenvalue weighted by Gasteiger charge is -2.08. The van der Waals surface area contributed by atoms with E-state index in [0.717, 1.165) is 11.0 Å². The largest absolute Gasteiger partial charge is 0.491 e. The zero-order valence-electron chi connectivity index (χ0n) is 11.0. The van der Waals surface area contributed by atoms with Gasteiger partial charge in [-0.1, -0.05) is 6.07 Å². The zero-order valence-corrected chi connectivity index (χ0v) is 11.0. The van der Waals surface area contributed by atoms with Gasteiger partial charge in [0.15, 0.2) is 0 Å². The Morgan fingerprint density at radius 2 is 2.24 bits per heavy atom. The van der Waals surface area contributed by atoms with Gasteiger partial charge in [0.25, 0.3) is 0 Å². The quantitative estimate of drug-likeness (QED) is 0.652. The van der Waals surface area contributed by atoms with E-state index in [1.54, 1.807) is 30.3 Å². The minimum absolute atomic E-state index is 0.280. The molecule has 0 bridgehead atoms. The highest BCUT2D eigenvalue weighted by molar-refractivity contribution is 6.61. The molecule has 1 aliphatic rings. The smallest absolute Gasteiger partial charge is 0.439 e. The highest BCUT2D eigenvalue weighted by Crippen LogP contribution is 2.26. The fourth-order valence-electron chi connectivity index (χ4n) is 2.14. The molecule has 1 aromatic heterocycles. The van der Waals surface area contributed by atoms with Crippen molar-refractivity contribution in [1.29, 1.82) is 0 Å². The summed E-state index contributed by atoms with van der Waals surface area (Å²) in [5.74, 6) is 0.851. The molecule has 104 valence electrons. The van der Waals surface area contributed by atoms with Crippen molar-refractivity contribution in [3.05, 3.63) is 53.0 Å². The van der Waals surface area contributed by atoms with Crippen LogP contribution in [0.3, 0.4) is 0 Å². The van der Waals surface area contributed by atoms with E-state index in [9.17, 15) is 10.1 Å². The Labute approximate surface area is 121 Å². The fraction of sp³-hybridized carbons (Fsp3) is 0.143.